The zero-order valence-corrected chi connectivity index (χ0v) is 9.31. The summed E-state index contributed by atoms with van der Waals surface area (Å²) >= 11 is 0. The van der Waals surface area contributed by atoms with E-state index in [2.05, 4.69) is 11.8 Å². The predicted molar refractivity (Wildman–Crippen MR) is 55.8 cm³/mol. The molecule has 0 bridgehead atoms. The van der Waals surface area contributed by atoms with Crippen LogP contribution in [-0.4, -0.2) is 10.9 Å². The molecular weight excluding hydrogens is 164 g/mol. The molecule has 0 fully saturated rings. The van der Waals surface area contributed by atoms with Gasteiger partial charge in [0.25, 0.3) is 0 Å². The molecule has 0 atom stereocenters. The number of rotatable bonds is 8. The van der Waals surface area contributed by atoms with Crippen molar-refractivity contribution < 1.29 is 10.1 Å². The first-order valence-electron chi connectivity index (χ1n) is 5.45. The molecule has 0 heterocycles. The van der Waals surface area contributed by atoms with Crippen LogP contribution < -0.4 is 0 Å². The van der Waals surface area contributed by atoms with Gasteiger partial charge in [-0.1, -0.05) is 45.4 Å². The lowest BCUT2D eigenvalue weighted by atomic mass is 10.00. The molecule has 0 amide bonds. The van der Waals surface area contributed by atoms with Crippen LogP contribution in [0.5, 0.6) is 0 Å². The van der Waals surface area contributed by atoms with Gasteiger partial charge in [-0.25, -0.2) is 4.89 Å². The first-order chi connectivity index (χ1) is 6.12. The van der Waals surface area contributed by atoms with E-state index in [4.69, 9.17) is 5.26 Å². The highest BCUT2D eigenvalue weighted by atomic mass is 17.1. The average molecular weight is 188 g/mol. The Morgan fingerprint density at radius 3 is 2.08 bits per heavy atom. The van der Waals surface area contributed by atoms with Crippen molar-refractivity contribution in [2.45, 2.75) is 71.3 Å². The topological polar surface area (TPSA) is 29.5 Å². The van der Waals surface area contributed by atoms with Crippen molar-refractivity contribution in [2.75, 3.05) is 0 Å². The lowest BCUT2D eigenvalue weighted by molar-refractivity contribution is -0.314. The van der Waals surface area contributed by atoms with Crippen LogP contribution in [0.25, 0.3) is 0 Å². The molecule has 2 heteroatoms. The smallest absolute Gasteiger partial charge is 0.0977 e. The Kier molecular flexibility index (Phi) is 7.29. The van der Waals surface area contributed by atoms with Crippen molar-refractivity contribution in [3.63, 3.8) is 0 Å². The molecule has 13 heavy (non-hydrogen) atoms. The molecular formula is C11H24O2. The molecule has 2 nitrogen and oxygen atoms in total. The fourth-order valence-corrected chi connectivity index (χ4v) is 1.38. The monoisotopic (exact) mass is 188 g/mol. The lowest BCUT2D eigenvalue weighted by Crippen LogP contribution is -2.22. The summed E-state index contributed by atoms with van der Waals surface area (Å²) in [5.74, 6) is 0. The molecule has 0 saturated carbocycles. The van der Waals surface area contributed by atoms with Gasteiger partial charge in [0.05, 0.1) is 5.60 Å². The summed E-state index contributed by atoms with van der Waals surface area (Å²) in [6.07, 6.45) is 8.65. The van der Waals surface area contributed by atoms with Crippen LogP contribution in [0.15, 0.2) is 0 Å². The fourth-order valence-electron chi connectivity index (χ4n) is 1.38. The largest absolute Gasteiger partial charge is 0.251 e. The first-order valence-corrected chi connectivity index (χ1v) is 5.45. The molecule has 1 N–H and O–H groups in total. The van der Waals surface area contributed by atoms with Crippen LogP contribution in [0.3, 0.4) is 0 Å². The highest BCUT2D eigenvalue weighted by molar-refractivity contribution is 4.65. The van der Waals surface area contributed by atoms with E-state index in [0.29, 0.717) is 0 Å². The third-order valence-corrected chi connectivity index (χ3v) is 2.38. The van der Waals surface area contributed by atoms with Crippen LogP contribution in [-0.2, 0) is 4.89 Å². The molecule has 0 aromatic heterocycles. The van der Waals surface area contributed by atoms with E-state index in [1.807, 2.05) is 13.8 Å². The van der Waals surface area contributed by atoms with E-state index >= 15 is 0 Å². The predicted octanol–water partition coefficient (Wildman–Crippen LogP) is 4.01. The maximum atomic E-state index is 8.53. The van der Waals surface area contributed by atoms with Crippen LogP contribution in [0.4, 0.5) is 0 Å². The summed E-state index contributed by atoms with van der Waals surface area (Å²) < 4.78 is 0. The Labute approximate surface area is 82.2 Å². The van der Waals surface area contributed by atoms with Gasteiger partial charge in [-0.2, -0.15) is 0 Å². The van der Waals surface area contributed by atoms with Crippen LogP contribution >= 0.6 is 0 Å². The summed E-state index contributed by atoms with van der Waals surface area (Å²) in [6.45, 7) is 6.06. The Morgan fingerprint density at radius 2 is 1.54 bits per heavy atom. The minimum atomic E-state index is -0.356. The van der Waals surface area contributed by atoms with Gasteiger partial charge < -0.3 is 0 Å². The van der Waals surface area contributed by atoms with Crippen molar-refractivity contribution >= 4 is 0 Å². The second-order valence-corrected chi connectivity index (χ2v) is 4.37. The van der Waals surface area contributed by atoms with Crippen LogP contribution in [0, 0.1) is 0 Å². The van der Waals surface area contributed by atoms with Gasteiger partial charge in [0, 0.05) is 0 Å². The first kappa shape index (κ1) is 12.9. The molecule has 0 aromatic carbocycles. The molecule has 0 rings (SSSR count). The van der Waals surface area contributed by atoms with Gasteiger partial charge >= 0.3 is 0 Å². The van der Waals surface area contributed by atoms with Crippen LogP contribution in [0.1, 0.15) is 65.7 Å². The zero-order chi connectivity index (χ0) is 10.2. The zero-order valence-electron chi connectivity index (χ0n) is 9.31. The van der Waals surface area contributed by atoms with Crippen molar-refractivity contribution in [2.24, 2.45) is 0 Å². The van der Waals surface area contributed by atoms with Gasteiger partial charge in [-0.15, -0.1) is 0 Å². The molecule has 0 aliphatic carbocycles. The van der Waals surface area contributed by atoms with Gasteiger partial charge in [-0.3, -0.25) is 5.26 Å². The average Bonchev–Trinajstić information content (AvgIpc) is 2.11. The van der Waals surface area contributed by atoms with Crippen molar-refractivity contribution in [1.82, 2.24) is 0 Å². The van der Waals surface area contributed by atoms with Gasteiger partial charge in [-0.05, 0) is 20.3 Å². The summed E-state index contributed by atoms with van der Waals surface area (Å²) in [4.78, 5) is 4.37. The normalized spacial score (nSPS) is 12.0. The molecule has 0 aromatic rings. The molecule has 0 radical (unpaired) electrons. The number of hydrogen-bond donors (Lipinski definition) is 1. The van der Waals surface area contributed by atoms with E-state index in [1.165, 1.54) is 32.1 Å². The van der Waals surface area contributed by atoms with E-state index in [0.717, 1.165) is 12.8 Å². The second kappa shape index (κ2) is 7.34. The SMILES string of the molecule is CCCCCCCCC(C)(C)OO. The van der Waals surface area contributed by atoms with Gasteiger partial charge in [0.15, 0.2) is 0 Å². The highest BCUT2D eigenvalue weighted by Gasteiger charge is 2.17. The Morgan fingerprint density at radius 1 is 1.00 bits per heavy atom. The molecule has 0 aliphatic heterocycles. The molecule has 0 unspecified atom stereocenters. The minimum Gasteiger partial charge on any atom is -0.251 e. The third kappa shape index (κ3) is 8.26. The lowest BCUT2D eigenvalue weighted by Gasteiger charge is -2.19. The number of hydrogen-bond acceptors (Lipinski definition) is 2. The van der Waals surface area contributed by atoms with E-state index in [1.54, 1.807) is 0 Å². The molecule has 80 valence electrons. The summed E-state index contributed by atoms with van der Waals surface area (Å²) in [7, 11) is 0. The van der Waals surface area contributed by atoms with Gasteiger partial charge in [0.2, 0.25) is 0 Å². The molecule has 0 aliphatic rings. The molecule has 0 saturated heterocycles. The van der Waals surface area contributed by atoms with E-state index < -0.39 is 0 Å². The Bertz CT molecular complexity index is 111. The third-order valence-electron chi connectivity index (χ3n) is 2.38. The maximum Gasteiger partial charge on any atom is 0.0977 e. The fraction of sp³-hybridized carbons (Fsp3) is 1.00. The summed E-state index contributed by atoms with van der Waals surface area (Å²) in [5, 5.41) is 8.53. The Hall–Kier alpha value is -0.0800. The minimum absolute atomic E-state index is 0.356. The van der Waals surface area contributed by atoms with E-state index in [-0.39, 0.29) is 5.60 Å². The van der Waals surface area contributed by atoms with Crippen LogP contribution in [0.2, 0.25) is 0 Å². The second-order valence-electron chi connectivity index (χ2n) is 4.37. The van der Waals surface area contributed by atoms with Crippen molar-refractivity contribution in [1.29, 1.82) is 0 Å². The summed E-state index contributed by atoms with van der Waals surface area (Å²) in [5.41, 5.74) is -0.356. The maximum absolute atomic E-state index is 8.53. The van der Waals surface area contributed by atoms with E-state index in [9.17, 15) is 0 Å². The summed E-state index contributed by atoms with van der Waals surface area (Å²) in [6, 6.07) is 0. The number of unbranched alkanes of at least 4 members (excludes halogenated alkanes) is 5. The quantitative estimate of drug-likeness (QED) is 0.354. The molecule has 0 spiro atoms. The standard InChI is InChI=1S/C11H24O2/c1-4-5-6-7-8-9-10-11(2,3)13-12/h12H,4-10H2,1-3H3. The Balaban J connectivity index is 3.16. The van der Waals surface area contributed by atoms with Crippen molar-refractivity contribution in [3.8, 4) is 0 Å². The van der Waals surface area contributed by atoms with Crippen molar-refractivity contribution in [3.05, 3.63) is 0 Å². The highest BCUT2D eigenvalue weighted by Crippen LogP contribution is 2.17. The van der Waals surface area contributed by atoms with Gasteiger partial charge in [0.1, 0.15) is 0 Å².